The van der Waals surface area contributed by atoms with E-state index in [0.29, 0.717) is 34.5 Å². The predicted octanol–water partition coefficient (Wildman–Crippen LogP) is 5.35. The Balaban J connectivity index is 1.69. The lowest BCUT2D eigenvalue weighted by atomic mass is 10.0. The molecule has 1 aliphatic heterocycles. The van der Waals surface area contributed by atoms with Gasteiger partial charge in [-0.05, 0) is 55.7 Å². The van der Waals surface area contributed by atoms with E-state index in [2.05, 4.69) is 15.9 Å². The highest BCUT2D eigenvalue weighted by molar-refractivity contribution is 9.10. The zero-order valence-corrected chi connectivity index (χ0v) is 17.8. The molecule has 1 aromatic heterocycles. The molecule has 1 fully saturated rings. The maximum atomic E-state index is 13.1. The van der Waals surface area contributed by atoms with Crippen LogP contribution in [0.4, 0.5) is 0 Å². The number of carboxylic acid groups (broad SMARTS) is 1. The van der Waals surface area contributed by atoms with Crippen molar-refractivity contribution in [2.24, 2.45) is 0 Å². The smallest absolute Gasteiger partial charge is 0.303 e. The average Bonchev–Trinajstić information content (AvgIpc) is 3.10. The minimum atomic E-state index is -0.930. The molecule has 7 heteroatoms. The van der Waals surface area contributed by atoms with Crippen molar-refractivity contribution in [3.8, 4) is 5.75 Å². The van der Waals surface area contributed by atoms with Gasteiger partial charge in [0, 0.05) is 39.9 Å². The van der Waals surface area contributed by atoms with Crippen LogP contribution in [0.25, 0.3) is 11.0 Å². The van der Waals surface area contributed by atoms with Gasteiger partial charge in [0.15, 0.2) is 12.1 Å². The molecular weight excluding hydrogens is 452 g/mol. The molecule has 0 saturated carbocycles. The molecule has 1 atom stereocenters. The van der Waals surface area contributed by atoms with Crippen molar-refractivity contribution < 1.29 is 28.6 Å². The molecule has 30 heavy (non-hydrogen) atoms. The summed E-state index contributed by atoms with van der Waals surface area (Å²) in [6, 6.07) is 12.3. The summed E-state index contributed by atoms with van der Waals surface area (Å²) in [5.41, 5.74) is 1.56. The molecule has 156 valence electrons. The van der Waals surface area contributed by atoms with Gasteiger partial charge >= 0.3 is 5.97 Å². The van der Waals surface area contributed by atoms with Crippen LogP contribution in [0.3, 0.4) is 0 Å². The van der Waals surface area contributed by atoms with Crippen molar-refractivity contribution >= 4 is 38.7 Å². The summed E-state index contributed by atoms with van der Waals surface area (Å²) in [5, 5.41) is 9.85. The molecule has 0 aliphatic carbocycles. The van der Waals surface area contributed by atoms with Crippen LogP contribution < -0.4 is 4.74 Å². The van der Waals surface area contributed by atoms with Gasteiger partial charge in [-0.3, -0.25) is 9.59 Å². The SMILES string of the molecule is O=C(O)CCc1c(C(=O)c2ccc(Br)cc2)oc2cc(OC3CCCCO3)ccc12. The lowest BCUT2D eigenvalue weighted by molar-refractivity contribution is -0.136. The summed E-state index contributed by atoms with van der Waals surface area (Å²) >= 11 is 3.36. The Morgan fingerprint density at radius 2 is 1.93 bits per heavy atom. The molecule has 0 amide bonds. The zero-order chi connectivity index (χ0) is 21.1. The summed E-state index contributed by atoms with van der Waals surface area (Å²) < 4.78 is 18.3. The highest BCUT2D eigenvalue weighted by Gasteiger charge is 2.23. The maximum absolute atomic E-state index is 13.1. The Hall–Kier alpha value is -2.64. The van der Waals surface area contributed by atoms with Crippen LogP contribution in [0.1, 0.15) is 47.4 Å². The van der Waals surface area contributed by atoms with E-state index in [1.165, 1.54) is 0 Å². The number of carbonyl (C=O) groups is 2. The molecule has 4 rings (SSSR count). The van der Waals surface area contributed by atoms with Gasteiger partial charge in [0.2, 0.25) is 5.78 Å². The van der Waals surface area contributed by atoms with Crippen molar-refractivity contribution in [3.63, 3.8) is 0 Å². The van der Waals surface area contributed by atoms with E-state index in [-0.39, 0.29) is 30.7 Å². The zero-order valence-electron chi connectivity index (χ0n) is 16.2. The number of hydrogen-bond donors (Lipinski definition) is 1. The molecule has 1 saturated heterocycles. The molecule has 3 aromatic rings. The van der Waals surface area contributed by atoms with E-state index in [9.17, 15) is 9.59 Å². The van der Waals surface area contributed by atoms with E-state index in [1.54, 1.807) is 36.4 Å². The Bertz CT molecular complexity index is 1060. The molecule has 2 aromatic carbocycles. The minimum absolute atomic E-state index is 0.0938. The van der Waals surface area contributed by atoms with E-state index in [1.807, 2.05) is 6.07 Å². The van der Waals surface area contributed by atoms with Crippen LogP contribution in [0, 0.1) is 0 Å². The highest BCUT2D eigenvalue weighted by atomic mass is 79.9. The Morgan fingerprint density at radius 3 is 2.63 bits per heavy atom. The number of aryl methyl sites for hydroxylation is 1. The van der Waals surface area contributed by atoms with Crippen molar-refractivity contribution in [2.45, 2.75) is 38.4 Å². The molecule has 0 bridgehead atoms. The number of halogens is 1. The van der Waals surface area contributed by atoms with Crippen LogP contribution in [-0.2, 0) is 16.0 Å². The van der Waals surface area contributed by atoms with E-state index < -0.39 is 5.97 Å². The van der Waals surface area contributed by atoms with Gasteiger partial charge < -0.3 is 19.0 Å². The second kappa shape index (κ2) is 9.02. The van der Waals surface area contributed by atoms with Gasteiger partial charge in [-0.15, -0.1) is 0 Å². The number of carbonyl (C=O) groups excluding carboxylic acids is 1. The van der Waals surface area contributed by atoms with E-state index >= 15 is 0 Å². The molecule has 2 heterocycles. The number of ether oxygens (including phenoxy) is 2. The Labute approximate surface area is 181 Å². The fourth-order valence-corrected chi connectivity index (χ4v) is 3.82. The van der Waals surface area contributed by atoms with Crippen LogP contribution in [0.5, 0.6) is 5.75 Å². The summed E-state index contributed by atoms with van der Waals surface area (Å²) in [4.78, 5) is 24.2. The third kappa shape index (κ3) is 4.57. The second-order valence-electron chi connectivity index (χ2n) is 7.21. The summed E-state index contributed by atoms with van der Waals surface area (Å²) in [5.74, 6) is -0.451. The predicted molar refractivity (Wildman–Crippen MR) is 114 cm³/mol. The fraction of sp³-hybridized carbons (Fsp3) is 0.304. The van der Waals surface area contributed by atoms with Crippen LogP contribution in [0.15, 0.2) is 51.4 Å². The third-order valence-corrected chi connectivity index (χ3v) is 5.60. The van der Waals surface area contributed by atoms with Gasteiger partial charge in [0.25, 0.3) is 0 Å². The van der Waals surface area contributed by atoms with Gasteiger partial charge in [0.05, 0.1) is 6.61 Å². The largest absolute Gasteiger partial charge is 0.481 e. The molecule has 1 aliphatic rings. The minimum Gasteiger partial charge on any atom is -0.481 e. The number of furan rings is 1. The number of carboxylic acids is 1. The van der Waals surface area contributed by atoms with E-state index in [0.717, 1.165) is 23.7 Å². The van der Waals surface area contributed by atoms with Crippen LogP contribution in [0.2, 0.25) is 0 Å². The molecule has 0 spiro atoms. The van der Waals surface area contributed by atoms with Crippen molar-refractivity contribution in [2.75, 3.05) is 6.61 Å². The number of hydrogen-bond acceptors (Lipinski definition) is 5. The number of aliphatic carboxylic acids is 1. The molecule has 0 radical (unpaired) electrons. The lowest BCUT2D eigenvalue weighted by Crippen LogP contribution is -2.24. The van der Waals surface area contributed by atoms with Gasteiger partial charge in [0.1, 0.15) is 11.3 Å². The van der Waals surface area contributed by atoms with Crippen LogP contribution >= 0.6 is 15.9 Å². The first kappa shape index (κ1) is 20.6. The van der Waals surface area contributed by atoms with Crippen LogP contribution in [-0.4, -0.2) is 29.8 Å². The molecule has 6 nitrogen and oxygen atoms in total. The fourth-order valence-electron chi connectivity index (χ4n) is 3.56. The summed E-state index contributed by atoms with van der Waals surface area (Å²) in [6.45, 7) is 0.679. The Kier molecular flexibility index (Phi) is 6.20. The third-order valence-electron chi connectivity index (χ3n) is 5.07. The number of rotatable bonds is 7. The summed E-state index contributed by atoms with van der Waals surface area (Å²) in [7, 11) is 0. The number of ketones is 1. The van der Waals surface area contributed by atoms with Crippen molar-refractivity contribution in [1.29, 1.82) is 0 Å². The highest BCUT2D eigenvalue weighted by Crippen LogP contribution is 2.32. The van der Waals surface area contributed by atoms with E-state index in [4.69, 9.17) is 19.0 Å². The quantitative estimate of drug-likeness (QED) is 0.466. The molecule has 1 unspecified atom stereocenters. The first-order valence-electron chi connectivity index (χ1n) is 9.87. The number of fused-ring (bicyclic) bond motifs is 1. The van der Waals surface area contributed by atoms with Gasteiger partial charge in [-0.2, -0.15) is 0 Å². The number of benzene rings is 2. The topological polar surface area (TPSA) is 86.0 Å². The first-order valence-corrected chi connectivity index (χ1v) is 10.7. The standard InChI is InChI=1S/C23H21BrO6/c24-15-6-4-14(5-7-15)22(27)23-18(10-11-20(25)26)17-9-8-16(13-19(17)30-23)29-21-3-1-2-12-28-21/h4-9,13,21H,1-3,10-12H2,(H,25,26). The lowest BCUT2D eigenvalue weighted by Gasteiger charge is -2.23. The first-order chi connectivity index (χ1) is 14.5. The average molecular weight is 473 g/mol. The maximum Gasteiger partial charge on any atom is 0.303 e. The molecule has 1 N–H and O–H groups in total. The van der Waals surface area contributed by atoms with Gasteiger partial charge in [-0.25, -0.2) is 0 Å². The monoisotopic (exact) mass is 472 g/mol. The summed E-state index contributed by atoms with van der Waals surface area (Å²) in [6.07, 6.45) is 2.73. The molecular formula is C23H21BrO6. The second-order valence-corrected chi connectivity index (χ2v) is 8.13. The normalized spacial score (nSPS) is 16.5. The Morgan fingerprint density at radius 1 is 1.13 bits per heavy atom. The van der Waals surface area contributed by atoms with Crippen molar-refractivity contribution in [1.82, 2.24) is 0 Å². The van der Waals surface area contributed by atoms with Gasteiger partial charge in [-0.1, -0.05) is 15.9 Å². The van der Waals surface area contributed by atoms with Crippen molar-refractivity contribution in [3.05, 3.63) is 63.8 Å².